The van der Waals surface area contributed by atoms with E-state index in [0.29, 0.717) is 0 Å². The van der Waals surface area contributed by atoms with Gasteiger partial charge < -0.3 is 0 Å². The summed E-state index contributed by atoms with van der Waals surface area (Å²) in [5, 5.41) is 8.70. The summed E-state index contributed by atoms with van der Waals surface area (Å²) in [5.74, 6) is 0. The molecule has 0 spiro atoms. The first-order valence-electron chi connectivity index (χ1n) is 6.70. The molecule has 0 aromatic heterocycles. The number of rotatable bonds is 1. The molecule has 0 aliphatic carbocycles. The van der Waals surface area contributed by atoms with E-state index in [-0.39, 0.29) is 0 Å². The monoisotopic (exact) mass is 416 g/mol. The topological polar surface area (TPSA) is 0 Å². The van der Waals surface area contributed by atoms with Crippen LogP contribution in [-0.4, -0.2) is 0 Å². The Morgan fingerprint density at radius 1 is 0.619 bits per heavy atom. The van der Waals surface area contributed by atoms with E-state index in [4.69, 9.17) is 0 Å². The summed E-state index contributed by atoms with van der Waals surface area (Å²) in [6, 6.07) is 24.1. The quantitative estimate of drug-likeness (QED) is 0.180. The van der Waals surface area contributed by atoms with Crippen LogP contribution in [0.3, 0.4) is 0 Å². The van der Waals surface area contributed by atoms with Crippen LogP contribution < -0.4 is 5.30 Å². The van der Waals surface area contributed by atoms with Gasteiger partial charge in [0, 0.05) is 5.30 Å². The van der Waals surface area contributed by atoms with Gasteiger partial charge in [-0.3, -0.25) is 0 Å². The molecular formula is C18H11Br2P. The SMILES string of the molecule is BrP(Br)c1cccc2ccc3cc4ccccc4cc3c12. The van der Waals surface area contributed by atoms with Crippen molar-refractivity contribution in [2.75, 3.05) is 0 Å². The fourth-order valence-corrected chi connectivity index (χ4v) is 5.31. The van der Waals surface area contributed by atoms with E-state index in [0.717, 1.165) is 0 Å². The highest BCUT2D eigenvalue weighted by Crippen LogP contribution is 2.52. The second-order valence-corrected chi connectivity index (χ2v) is 13.2. The number of benzene rings is 4. The maximum Gasteiger partial charge on any atom is 0.0661 e. The lowest BCUT2D eigenvalue weighted by atomic mass is 9.98. The fourth-order valence-electron chi connectivity index (χ4n) is 2.92. The van der Waals surface area contributed by atoms with Crippen molar-refractivity contribution in [3.8, 4) is 0 Å². The number of fused-ring (bicyclic) bond motifs is 4. The fraction of sp³-hybridized carbons (Fsp3) is 0. The molecule has 0 amide bonds. The van der Waals surface area contributed by atoms with E-state index < -0.39 is 5.33 Å². The second-order valence-electron chi connectivity index (χ2n) is 5.09. The summed E-state index contributed by atoms with van der Waals surface area (Å²) < 4.78 is 0. The van der Waals surface area contributed by atoms with Gasteiger partial charge in [0.05, 0.1) is 5.33 Å². The standard InChI is InChI=1S/C18H11Br2P/c19-21(20)17-7-3-6-12-8-9-15-10-13-4-1-2-5-14(13)11-16(15)18(12)17/h1-11H. The molecule has 0 saturated heterocycles. The van der Waals surface area contributed by atoms with Gasteiger partial charge in [-0.15, -0.1) is 0 Å². The van der Waals surface area contributed by atoms with Gasteiger partial charge in [0.1, 0.15) is 0 Å². The lowest BCUT2D eigenvalue weighted by molar-refractivity contribution is 1.79. The van der Waals surface area contributed by atoms with E-state index in [9.17, 15) is 0 Å². The van der Waals surface area contributed by atoms with E-state index in [1.807, 2.05) is 0 Å². The summed E-state index contributed by atoms with van der Waals surface area (Å²) in [6.07, 6.45) is 0. The van der Waals surface area contributed by atoms with Gasteiger partial charge in [-0.1, -0.05) is 54.6 Å². The van der Waals surface area contributed by atoms with Crippen LogP contribution in [0.1, 0.15) is 0 Å². The second kappa shape index (κ2) is 5.35. The highest BCUT2D eigenvalue weighted by Gasteiger charge is 2.11. The maximum atomic E-state index is 3.72. The Labute approximate surface area is 140 Å². The Bertz CT molecular complexity index is 976. The van der Waals surface area contributed by atoms with Gasteiger partial charge in [0.15, 0.2) is 0 Å². The molecule has 0 bridgehead atoms. The molecule has 3 heteroatoms. The van der Waals surface area contributed by atoms with E-state index in [1.165, 1.54) is 37.6 Å². The zero-order valence-electron chi connectivity index (χ0n) is 11.1. The van der Waals surface area contributed by atoms with Crippen LogP contribution in [0.5, 0.6) is 0 Å². The Morgan fingerprint density at radius 2 is 1.29 bits per heavy atom. The molecule has 0 N–H and O–H groups in total. The van der Waals surface area contributed by atoms with Crippen molar-refractivity contribution in [1.29, 1.82) is 0 Å². The third-order valence-electron chi connectivity index (χ3n) is 3.89. The molecule has 0 nitrogen and oxygen atoms in total. The van der Waals surface area contributed by atoms with Gasteiger partial charge in [-0.2, -0.15) is 0 Å². The molecule has 0 radical (unpaired) electrons. The molecule has 0 atom stereocenters. The third-order valence-corrected chi connectivity index (χ3v) is 6.92. The normalized spacial score (nSPS) is 11.8. The first-order valence-corrected chi connectivity index (χ1v) is 12.1. The Kier molecular flexibility index (Phi) is 3.49. The lowest BCUT2D eigenvalue weighted by Crippen LogP contribution is -1.97. The molecule has 0 fully saturated rings. The Morgan fingerprint density at radius 3 is 2.05 bits per heavy atom. The summed E-state index contributed by atoms with van der Waals surface area (Å²) >= 11 is 7.44. The van der Waals surface area contributed by atoms with Gasteiger partial charge >= 0.3 is 0 Å². The Balaban J connectivity index is 2.24. The molecule has 4 aromatic rings. The molecule has 0 aliphatic rings. The van der Waals surface area contributed by atoms with Crippen LogP contribution in [-0.2, 0) is 0 Å². The first-order chi connectivity index (χ1) is 10.2. The number of hydrogen-bond donors (Lipinski definition) is 0. The van der Waals surface area contributed by atoms with Crippen molar-refractivity contribution in [2.45, 2.75) is 0 Å². The van der Waals surface area contributed by atoms with Crippen molar-refractivity contribution in [2.24, 2.45) is 0 Å². The first kappa shape index (κ1) is 13.7. The van der Waals surface area contributed by atoms with Crippen molar-refractivity contribution in [3.63, 3.8) is 0 Å². The molecule has 0 aliphatic heterocycles. The molecule has 102 valence electrons. The summed E-state index contributed by atoms with van der Waals surface area (Å²) in [4.78, 5) is 0. The average Bonchev–Trinajstić information content (AvgIpc) is 2.52. The van der Waals surface area contributed by atoms with Gasteiger partial charge in [-0.05, 0) is 75.4 Å². The zero-order chi connectivity index (χ0) is 14.4. The van der Waals surface area contributed by atoms with Gasteiger partial charge in [-0.25, -0.2) is 0 Å². The van der Waals surface area contributed by atoms with E-state index in [2.05, 4.69) is 97.7 Å². The minimum absolute atomic E-state index is 0.487. The van der Waals surface area contributed by atoms with E-state index in [1.54, 1.807) is 0 Å². The highest BCUT2D eigenvalue weighted by molar-refractivity contribution is 9.70. The molecule has 4 aromatic carbocycles. The summed E-state index contributed by atoms with van der Waals surface area (Å²) in [6.45, 7) is 0. The average molecular weight is 418 g/mol. The summed E-state index contributed by atoms with van der Waals surface area (Å²) in [5.41, 5.74) is 0. The minimum atomic E-state index is -0.487. The number of halogens is 2. The van der Waals surface area contributed by atoms with Gasteiger partial charge in [0.2, 0.25) is 0 Å². The zero-order valence-corrected chi connectivity index (χ0v) is 15.1. The predicted molar refractivity (Wildman–Crippen MR) is 103 cm³/mol. The van der Waals surface area contributed by atoms with Crippen molar-refractivity contribution in [3.05, 3.63) is 66.7 Å². The molecular weight excluding hydrogens is 407 g/mol. The lowest BCUT2D eigenvalue weighted by Gasteiger charge is -2.11. The van der Waals surface area contributed by atoms with Crippen LogP contribution in [0.25, 0.3) is 32.3 Å². The largest absolute Gasteiger partial charge is 0.0661 e. The molecule has 0 unspecified atom stereocenters. The highest BCUT2D eigenvalue weighted by atomic mass is 79.9. The molecule has 4 rings (SSSR count). The van der Waals surface area contributed by atoms with Gasteiger partial charge in [0.25, 0.3) is 0 Å². The minimum Gasteiger partial charge on any atom is -0.0616 e. The maximum absolute atomic E-state index is 3.72. The molecule has 0 heterocycles. The van der Waals surface area contributed by atoms with Crippen molar-refractivity contribution < 1.29 is 0 Å². The predicted octanol–water partition coefficient (Wildman–Crippen LogP) is 6.87. The van der Waals surface area contributed by atoms with Crippen LogP contribution in [0.15, 0.2) is 66.7 Å². The van der Waals surface area contributed by atoms with Crippen molar-refractivity contribution in [1.82, 2.24) is 0 Å². The van der Waals surface area contributed by atoms with Crippen LogP contribution in [0, 0.1) is 0 Å². The molecule has 21 heavy (non-hydrogen) atoms. The third kappa shape index (κ3) is 2.30. The van der Waals surface area contributed by atoms with E-state index >= 15 is 0 Å². The molecule has 0 saturated carbocycles. The van der Waals surface area contributed by atoms with Crippen LogP contribution >= 0.6 is 36.3 Å². The smallest absolute Gasteiger partial charge is 0.0616 e. The Hall–Kier alpha value is -0.950. The summed E-state index contributed by atoms with van der Waals surface area (Å²) in [7, 11) is 0. The van der Waals surface area contributed by atoms with Crippen molar-refractivity contribution >= 4 is 73.9 Å². The van der Waals surface area contributed by atoms with Crippen LogP contribution in [0.2, 0.25) is 0 Å². The number of hydrogen-bond acceptors (Lipinski definition) is 0. The van der Waals surface area contributed by atoms with Crippen LogP contribution in [0.4, 0.5) is 0 Å².